The van der Waals surface area contributed by atoms with E-state index in [9.17, 15) is 9.59 Å². The molecule has 146 valence electrons. The molecule has 0 fully saturated rings. The van der Waals surface area contributed by atoms with E-state index in [1.54, 1.807) is 24.3 Å². The summed E-state index contributed by atoms with van der Waals surface area (Å²) in [6.45, 7) is 2.62. The van der Waals surface area contributed by atoms with Crippen molar-refractivity contribution in [3.63, 3.8) is 0 Å². The highest BCUT2D eigenvalue weighted by Crippen LogP contribution is 2.14. The molecule has 0 atom stereocenters. The van der Waals surface area contributed by atoms with Crippen LogP contribution in [-0.2, 0) is 9.53 Å². The Morgan fingerprint density at radius 3 is 1.96 bits per heavy atom. The molecule has 4 nitrogen and oxygen atoms in total. The molecule has 0 heterocycles. The maximum atomic E-state index is 11.9. The Hall–Kier alpha value is -1.84. The minimum absolute atomic E-state index is 0.263. The van der Waals surface area contributed by atoms with E-state index >= 15 is 0 Å². The third-order valence-corrected chi connectivity index (χ3v) is 4.48. The fourth-order valence-electron chi connectivity index (χ4n) is 2.85. The van der Waals surface area contributed by atoms with E-state index in [2.05, 4.69) is 11.7 Å². The monoisotopic (exact) mass is 362 g/mol. The Bertz CT molecular complexity index is 507. The zero-order valence-corrected chi connectivity index (χ0v) is 16.4. The molecule has 0 aromatic heterocycles. The van der Waals surface area contributed by atoms with E-state index in [1.165, 1.54) is 52.1 Å². The topological polar surface area (TPSA) is 52.6 Å². The van der Waals surface area contributed by atoms with Gasteiger partial charge in [0.2, 0.25) is 0 Å². The Morgan fingerprint density at radius 1 is 0.808 bits per heavy atom. The lowest BCUT2D eigenvalue weighted by Crippen LogP contribution is -2.06. The summed E-state index contributed by atoms with van der Waals surface area (Å²) in [5.41, 5.74) is 0.487. The number of hydrogen-bond acceptors (Lipinski definition) is 4. The minimum Gasteiger partial charge on any atom is -0.493 e. The minimum atomic E-state index is -0.368. The highest BCUT2D eigenvalue weighted by molar-refractivity contribution is 5.89. The van der Waals surface area contributed by atoms with Gasteiger partial charge in [-0.1, -0.05) is 58.3 Å². The third kappa shape index (κ3) is 10.2. The van der Waals surface area contributed by atoms with Crippen LogP contribution < -0.4 is 4.74 Å². The molecule has 0 aliphatic heterocycles. The van der Waals surface area contributed by atoms with Gasteiger partial charge < -0.3 is 9.47 Å². The zero-order chi connectivity index (χ0) is 19.0. The maximum Gasteiger partial charge on any atom is 0.337 e. The number of benzene rings is 1. The second-order valence-electron chi connectivity index (χ2n) is 6.73. The molecule has 0 spiro atoms. The third-order valence-electron chi connectivity index (χ3n) is 4.48. The number of ether oxygens (including phenoxy) is 2. The first-order valence-corrected chi connectivity index (χ1v) is 10.00. The standard InChI is InChI=1S/C22H34O4/c1-3-4-5-6-7-8-9-10-11-12-20(23)17-18-26-21-15-13-19(14-16-21)22(24)25-2/h13-16H,3-12,17-18H2,1-2H3. The van der Waals surface area contributed by atoms with Crippen LogP contribution in [0.15, 0.2) is 24.3 Å². The summed E-state index contributed by atoms with van der Waals surface area (Å²) >= 11 is 0. The lowest BCUT2D eigenvalue weighted by molar-refractivity contribution is -0.119. The Morgan fingerprint density at radius 2 is 1.38 bits per heavy atom. The van der Waals surface area contributed by atoms with E-state index in [0.717, 1.165) is 12.8 Å². The maximum absolute atomic E-state index is 11.9. The van der Waals surface area contributed by atoms with Crippen LogP contribution in [-0.4, -0.2) is 25.5 Å². The van der Waals surface area contributed by atoms with Crippen LogP contribution in [0.2, 0.25) is 0 Å². The van der Waals surface area contributed by atoms with E-state index in [4.69, 9.17) is 4.74 Å². The fourth-order valence-corrected chi connectivity index (χ4v) is 2.85. The predicted octanol–water partition coefficient (Wildman–Crippen LogP) is 5.73. The molecule has 0 N–H and O–H groups in total. The molecule has 0 unspecified atom stereocenters. The van der Waals surface area contributed by atoms with Crippen molar-refractivity contribution in [3.05, 3.63) is 29.8 Å². The average Bonchev–Trinajstić information content (AvgIpc) is 2.66. The Kier molecular flexibility index (Phi) is 12.2. The SMILES string of the molecule is CCCCCCCCCCCC(=O)CCOc1ccc(C(=O)OC)cc1. The van der Waals surface area contributed by atoms with Gasteiger partial charge >= 0.3 is 5.97 Å². The molecule has 1 aromatic carbocycles. The molecule has 1 rings (SSSR count). The highest BCUT2D eigenvalue weighted by atomic mass is 16.5. The number of Topliss-reactive ketones (excluding diaryl/α,β-unsaturated/α-hetero) is 1. The van der Waals surface area contributed by atoms with Gasteiger partial charge in [0, 0.05) is 12.8 Å². The number of rotatable bonds is 15. The second kappa shape index (κ2) is 14.3. The number of hydrogen-bond donors (Lipinski definition) is 0. The van der Waals surface area contributed by atoms with E-state index in [1.807, 2.05) is 0 Å². The first-order valence-electron chi connectivity index (χ1n) is 10.00. The normalized spacial score (nSPS) is 10.5. The van der Waals surface area contributed by atoms with Crippen molar-refractivity contribution in [2.45, 2.75) is 77.6 Å². The number of unbranched alkanes of at least 4 members (excludes halogenated alkanes) is 8. The van der Waals surface area contributed by atoms with Gasteiger partial charge in [0.15, 0.2) is 0 Å². The number of carbonyl (C=O) groups is 2. The smallest absolute Gasteiger partial charge is 0.337 e. The summed E-state index contributed by atoms with van der Waals surface area (Å²) in [5.74, 6) is 0.556. The van der Waals surface area contributed by atoms with Crippen LogP contribution in [0.25, 0.3) is 0 Å². The fraction of sp³-hybridized carbons (Fsp3) is 0.636. The van der Waals surface area contributed by atoms with Crippen LogP contribution in [0.5, 0.6) is 5.75 Å². The quantitative estimate of drug-likeness (QED) is 0.295. The number of carbonyl (C=O) groups excluding carboxylic acids is 2. The van der Waals surface area contributed by atoms with E-state index < -0.39 is 0 Å². The van der Waals surface area contributed by atoms with Crippen LogP contribution >= 0.6 is 0 Å². The molecular weight excluding hydrogens is 328 g/mol. The Labute approximate surface area is 158 Å². The van der Waals surface area contributed by atoms with Crippen LogP contribution in [0, 0.1) is 0 Å². The summed E-state index contributed by atoms with van der Waals surface area (Å²) in [6, 6.07) is 6.75. The van der Waals surface area contributed by atoms with Gasteiger partial charge in [-0.15, -0.1) is 0 Å². The predicted molar refractivity (Wildman–Crippen MR) is 105 cm³/mol. The summed E-state index contributed by atoms with van der Waals surface area (Å²) < 4.78 is 10.2. The molecule has 1 aromatic rings. The van der Waals surface area contributed by atoms with Crippen LogP contribution in [0.4, 0.5) is 0 Å². The summed E-state index contributed by atoms with van der Waals surface area (Å²) in [6.07, 6.45) is 12.5. The number of ketones is 1. The van der Waals surface area contributed by atoms with Crippen molar-refractivity contribution < 1.29 is 19.1 Å². The molecule has 0 bridgehead atoms. The van der Waals surface area contributed by atoms with Crippen molar-refractivity contribution in [3.8, 4) is 5.75 Å². The van der Waals surface area contributed by atoms with Gasteiger partial charge in [0.25, 0.3) is 0 Å². The first-order chi connectivity index (χ1) is 12.7. The van der Waals surface area contributed by atoms with Crippen molar-refractivity contribution in [1.82, 2.24) is 0 Å². The molecule has 26 heavy (non-hydrogen) atoms. The average molecular weight is 363 g/mol. The molecule has 0 saturated carbocycles. The van der Waals surface area contributed by atoms with Gasteiger partial charge in [-0.25, -0.2) is 4.79 Å². The summed E-state index contributed by atoms with van der Waals surface area (Å²) in [4.78, 5) is 23.2. The highest BCUT2D eigenvalue weighted by Gasteiger charge is 2.06. The van der Waals surface area contributed by atoms with Gasteiger partial charge in [0.05, 0.1) is 19.3 Å². The second-order valence-corrected chi connectivity index (χ2v) is 6.73. The van der Waals surface area contributed by atoms with Gasteiger partial charge in [0.1, 0.15) is 11.5 Å². The summed E-state index contributed by atoms with van der Waals surface area (Å²) in [7, 11) is 1.35. The van der Waals surface area contributed by atoms with E-state index in [0.29, 0.717) is 30.8 Å². The molecule has 4 heteroatoms. The molecule has 0 saturated heterocycles. The number of esters is 1. The molecule has 0 radical (unpaired) electrons. The van der Waals surface area contributed by atoms with Crippen molar-refractivity contribution in [2.24, 2.45) is 0 Å². The van der Waals surface area contributed by atoms with Crippen molar-refractivity contribution in [1.29, 1.82) is 0 Å². The Balaban J connectivity index is 2.02. The van der Waals surface area contributed by atoms with Crippen molar-refractivity contribution in [2.75, 3.05) is 13.7 Å². The lowest BCUT2D eigenvalue weighted by Gasteiger charge is -2.06. The van der Waals surface area contributed by atoms with E-state index in [-0.39, 0.29) is 11.8 Å². The van der Waals surface area contributed by atoms with Gasteiger partial charge in [-0.2, -0.15) is 0 Å². The van der Waals surface area contributed by atoms with Crippen LogP contribution in [0.1, 0.15) is 87.9 Å². The first kappa shape index (κ1) is 22.2. The summed E-state index contributed by atoms with van der Waals surface area (Å²) in [5, 5.41) is 0. The largest absolute Gasteiger partial charge is 0.493 e. The van der Waals surface area contributed by atoms with Crippen molar-refractivity contribution >= 4 is 11.8 Å². The molecule has 0 amide bonds. The molecular formula is C22H34O4. The number of methoxy groups -OCH3 is 1. The zero-order valence-electron chi connectivity index (χ0n) is 16.4. The molecule has 0 aliphatic carbocycles. The molecule has 0 aliphatic rings. The van der Waals surface area contributed by atoms with Crippen LogP contribution in [0.3, 0.4) is 0 Å². The lowest BCUT2D eigenvalue weighted by atomic mass is 10.0. The van der Waals surface area contributed by atoms with Gasteiger partial charge in [-0.05, 0) is 30.7 Å². The van der Waals surface area contributed by atoms with Gasteiger partial charge in [-0.3, -0.25) is 4.79 Å².